The maximum absolute atomic E-state index is 8.43. The summed E-state index contributed by atoms with van der Waals surface area (Å²) in [5.74, 6) is 1.76. The molecule has 0 unspecified atom stereocenters. The van der Waals surface area contributed by atoms with E-state index in [1.165, 1.54) is 0 Å². The van der Waals surface area contributed by atoms with Crippen LogP contribution < -0.4 is 0 Å². The molecular weight excluding hydrogens is 98.1 g/mol. The molecular formula is C7H7N. The first-order valence-electron chi connectivity index (χ1n) is 3.00. The smallest absolute Gasteiger partial charge is 0.0665 e. The summed E-state index contributed by atoms with van der Waals surface area (Å²) in [5.41, 5.74) is 0. The topological polar surface area (TPSA) is 23.8 Å². The van der Waals surface area contributed by atoms with E-state index in [-0.39, 0.29) is 0 Å². The average molecular weight is 105 g/mol. The van der Waals surface area contributed by atoms with Crippen LogP contribution in [0.25, 0.3) is 0 Å². The molecule has 0 aromatic heterocycles. The Bertz CT molecular complexity index is 175. The van der Waals surface area contributed by atoms with Crippen LogP contribution in [0.4, 0.5) is 0 Å². The molecule has 0 bridgehead atoms. The third-order valence-corrected chi connectivity index (χ3v) is 2.15. The lowest BCUT2D eigenvalue weighted by Crippen LogP contribution is -1.74. The molecule has 0 heterocycles. The Morgan fingerprint density at radius 1 is 1.62 bits per heavy atom. The Morgan fingerprint density at radius 2 is 2.50 bits per heavy atom. The number of hydrogen-bond acceptors (Lipinski definition) is 1. The molecule has 2 aliphatic rings. The third kappa shape index (κ3) is 0.315. The first-order chi connectivity index (χ1) is 3.93. The van der Waals surface area contributed by atoms with Gasteiger partial charge in [0.1, 0.15) is 0 Å². The molecule has 0 aromatic rings. The van der Waals surface area contributed by atoms with E-state index in [2.05, 4.69) is 18.2 Å². The van der Waals surface area contributed by atoms with E-state index < -0.39 is 0 Å². The SMILES string of the molecule is N#C[C@@H]1[C@@H]2C=CC[C@H]12. The van der Waals surface area contributed by atoms with Gasteiger partial charge in [-0.25, -0.2) is 0 Å². The molecule has 1 nitrogen and oxygen atoms in total. The molecule has 0 aromatic carbocycles. The van der Waals surface area contributed by atoms with Crippen molar-refractivity contribution in [3.8, 4) is 6.07 Å². The lowest BCUT2D eigenvalue weighted by Gasteiger charge is -1.79. The summed E-state index contributed by atoms with van der Waals surface area (Å²) in [6, 6.07) is 2.29. The largest absolute Gasteiger partial charge is 0.198 e. The Morgan fingerprint density at radius 3 is 2.88 bits per heavy atom. The second-order valence-corrected chi connectivity index (χ2v) is 2.56. The minimum Gasteiger partial charge on any atom is -0.198 e. The Hall–Kier alpha value is -0.770. The number of hydrogen-bond donors (Lipinski definition) is 0. The lowest BCUT2D eigenvalue weighted by molar-refractivity contribution is 0.819. The van der Waals surface area contributed by atoms with Crippen LogP contribution in [-0.2, 0) is 0 Å². The van der Waals surface area contributed by atoms with Gasteiger partial charge in [0, 0.05) is 0 Å². The van der Waals surface area contributed by atoms with Crippen LogP contribution in [0.5, 0.6) is 0 Å². The number of rotatable bonds is 0. The Labute approximate surface area is 48.6 Å². The van der Waals surface area contributed by atoms with Crippen molar-refractivity contribution in [2.75, 3.05) is 0 Å². The molecule has 0 saturated heterocycles. The molecule has 1 fully saturated rings. The van der Waals surface area contributed by atoms with Gasteiger partial charge >= 0.3 is 0 Å². The first kappa shape index (κ1) is 4.14. The van der Waals surface area contributed by atoms with Crippen molar-refractivity contribution >= 4 is 0 Å². The monoisotopic (exact) mass is 105 g/mol. The molecule has 0 spiro atoms. The van der Waals surface area contributed by atoms with Crippen molar-refractivity contribution < 1.29 is 0 Å². The quantitative estimate of drug-likeness (QED) is 0.426. The van der Waals surface area contributed by atoms with Gasteiger partial charge in [-0.15, -0.1) is 0 Å². The van der Waals surface area contributed by atoms with Gasteiger partial charge in [-0.05, 0) is 18.3 Å². The molecule has 2 rings (SSSR count). The molecule has 8 heavy (non-hydrogen) atoms. The maximum atomic E-state index is 8.43. The van der Waals surface area contributed by atoms with Crippen LogP contribution in [-0.4, -0.2) is 0 Å². The van der Waals surface area contributed by atoms with Gasteiger partial charge in [-0.3, -0.25) is 0 Å². The summed E-state index contributed by atoms with van der Waals surface area (Å²) in [4.78, 5) is 0. The zero-order valence-corrected chi connectivity index (χ0v) is 4.54. The molecule has 1 heteroatoms. The van der Waals surface area contributed by atoms with Crippen LogP contribution >= 0.6 is 0 Å². The normalized spacial score (nSPS) is 48.1. The number of fused-ring (bicyclic) bond motifs is 1. The lowest BCUT2D eigenvalue weighted by atomic mass is 10.2. The minimum absolute atomic E-state index is 0.389. The highest BCUT2D eigenvalue weighted by atomic mass is 14.5. The fourth-order valence-corrected chi connectivity index (χ4v) is 1.54. The van der Waals surface area contributed by atoms with Gasteiger partial charge < -0.3 is 0 Å². The van der Waals surface area contributed by atoms with E-state index in [1.54, 1.807) is 0 Å². The molecule has 0 amide bonds. The van der Waals surface area contributed by atoms with Crippen LogP contribution in [0.3, 0.4) is 0 Å². The van der Waals surface area contributed by atoms with Crippen molar-refractivity contribution in [2.45, 2.75) is 6.42 Å². The van der Waals surface area contributed by atoms with Crippen molar-refractivity contribution in [2.24, 2.45) is 17.8 Å². The number of nitrogens with zero attached hydrogens (tertiary/aromatic N) is 1. The van der Waals surface area contributed by atoms with E-state index in [0.717, 1.165) is 12.3 Å². The fourth-order valence-electron chi connectivity index (χ4n) is 1.54. The van der Waals surface area contributed by atoms with Crippen LogP contribution in [0.2, 0.25) is 0 Å². The minimum atomic E-state index is 0.389. The molecule has 40 valence electrons. The van der Waals surface area contributed by atoms with Crippen LogP contribution in [0.15, 0.2) is 12.2 Å². The van der Waals surface area contributed by atoms with E-state index in [0.29, 0.717) is 11.8 Å². The highest BCUT2D eigenvalue weighted by Gasteiger charge is 2.50. The third-order valence-electron chi connectivity index (χ3n) is 2.15. The van der Waals surface area contributed by atoms with Gasteiger partial charge in [0.2, 0.25) is 0 Å². The average Bonchev–Trinajstić information content (AvgIpc) is 2.22. The summed E-state index contributed by atoms with van der Waals surface area (Å²) in [6.45, 7) is 0. The Kier molecular flexibility index (Phi) is 0.590. The summed E-state index contributed by atoms with van der Waals surface area (Å²) < 4.78 is 0. The number of nitriles is 1. The summed E-state index contributed by atoms with van der Waals surface area (Å²) in [7, 11) is 0. The zero-order chi connectivity index (χ0) is 5.56. The summed E-state index contributed by atoms with van der Waals surface area (Å²) in [6.07, 6.45) is 5.52. The number of allylic oxidation sites excluding steroid dienone is 2. The predicted molar refractivity (Wildman–Crippen MR) is 29.8 cm³/mol. The van der Waals surface area contributed by atoms with Gasteiger partial charge in [-0.2, -0.15) is 5.26 Å². The fraction of sp³-hybridized carbons (Fsp3) is 0.571. The molecule has 3 atom stereocenters. The van der Waals surface area contributed by atoms with E-state index >= 15 is 0 Å². The summed E-state index contributed by atoms with van der Waals surface area (Å²) >= 11 is 0. The van der Waals surface area contributed by atoms with Crippen molar-refractivity contribution in [1.82, 2.24) is 0 Å². The maximum Gasteiger partial charge on any atom is 0.0665 e. The van der Waals surface area contributed by atoms with Gasteiger partial charge in [0.05, 0.1) is 12.0 Å². The molecule has 0 N–H and O–H groups in total. The van der Waals surface area contributed by atoms with E-state index in [1.807, 2.05) is 0 Å². The Balaban J connectivity index is 2.16. The van der Waals surface area contributed by atoms with Crippen LogP contribution in [0.1, 0.15) is 6.42 Å². The van der Waals surface area contributed by atoms with Gasteiger partial charge in [0.15, 0.2) is 0 Å². The first-order valence-corrected chi connectivity index (χ1v) is 3.00. The molecule has 0 aliphatic heterocycles. The van der Waals surface area contributed by atoms with Gasteiger partial charge in [-0.1, -0.05) is 12.2 Å². The van der Waals surface area contributed by atoms with Crippen LogP contribution in [0, 0.1) is 29.1 Å². The second kappa shape index (κ2) is 1.14. The molecule has 0 radical (unpaired) electrons. The van der Waals surface area contributed by atoms with Crippen molar-refractivity contribution in [3.63, 3.8) is 0 Å². The standard InChI is InChI=1S/C7H7N/c8-4-7-5-2-1-3-6(5)7/h1-2,5-7H,3H2/t5-,6+,7-/m1/s1. The highest BCUT2D eigenvalue weighted by Crippen LogP contribution is 2.52. The predicted octanol–water partition coefficient (Wildman–Crippen LogP) is 1.33. The van der Waals surface area contributed by atoms with E-state index in [4.69, 9.17) is 5.26 Å². The highest BCUT2D eigenvalue weighted by molar-refractivity contribution is 5.22. The second-order valence-electron chi connectivity index (χ2n) is 2.56. The molecule has 1 saturated carbocycles. The van der Waals surface area contributed by atoms with Crippen molar-refractivity contribution in [1.29, 1.82) is 5.26 Å². The van der Waals surface area contributed by atoms with Gasteiger partial charge in [0.25, 0.3) is 0 Å². The van der Waals surface area contributed by atoms with E-state index in [9.17, 15) is 0 Å². The zero-order valence-electron chi connectivity index (χ0n) is 4.54. The molecule has 2 aliphatic carbocycles. The summed E-state index contributed by atoms with van der Waals surface area (Å²) in [5, 5.41) is 8.43. The van der Waals surface area contributed by atoms with Crippen molar-refractivity contribution in [3.05, 3.63) is 12.2 Å².